The summed E-state index contributed by atoms with van der Waals surface area (Å²) >= 11 is 11.5. The number of carbonyl (C=O) groups excluding carboxylic acids is 2. The number of aliphatic hydroxyl groups is 1. The monoisotopic (exact) mass is 480 g/mol. The summed E-state index contributed by atoms with van der Waals surface area (Å²) in [7, 11) is 1.21. The molecule has 1 saturated heterocycles. The van der Waals surface area contributed by atoms with Crippen LogP contribution in [0.3, 0.4) is 0 Å². The first kappa shape index (κ1) is 22.6. The highest BCUT2D eigenvalue weighted by Crippen LogP contribution is 2.50. The van der Waals surface area contributed by atoms with Gasteiger partial charge in [0.2, 0.25) is 0 Å². The van der Waals surface area contributed by atoms with E-state index in [4.69, 9.17) is 28.6 Å². The molecule has 0 unspecified atom stereocenters. The topological polar surface area (TPSA) is 78.9 Å². The molecule has 0 spiro atoms. The van der Waals surface area contributed by atoms with Crippen molar-refractivity contribution in [2.45, 2.75) is 24.4 Å². The Morgan fingerprint density at radius 1 is 1.31 bits per heavy atom. The summed E-state index contributed by atoms with van der Waals surface area (Å²) in [5.74, 6) is -3.03. The summed E-state index contributed by atoms with van der Waals surface area (Å²) in [5.41, 5.74) is -0.844. The van der Waals surface area contributed by atoms with E-state index in [1.54, 1.807) is 6.07 Å². The Kier molecular flexibility index (Phi) is 5.91. The quantitative estimate of drug-likeness (QED) is 0.487. The minimum atomic E-state index is -1.44. The molecular formula is C22H19ClF2N2O4S. The van der Waals surface area contributed by atoms with Crippen LogP contribution in [0.15, 0.2) is 36.4 Å². The fourth-order valence-electron chi connectivity index (χ4n) is 4.21. The average molecular weight is 481 g/mol. The number of methoxy groups -OCH3 is 1. The molecule has 32 heavy (non-hydrogen) atoms. The molecule has 10 heteroatoms. The van der Waals surface area contributed by atoms with Crippen molar-refractivity contribution in [2.75, 3.05) is 13.7 Å². The van der Waals surface area contributed by atoms with Crippen molar-refractivity contribution >= 4 is 40.8 Å². The Balaban J connectivity index is 1.78. The third kappa shape index (κ3) is 3.64. The molecule has 2 N–H and O–H groups in total. The van der Waals surface area contributed by atoms with Crippen molar-refractivity contribution in [1.29, 1.82) is 0 Å². The first-order valence-electron chi connectivity index (χ1n) is 9.84. The van der Waals surface area contributed by atoms with Crippen LogP contribution >= 0.6 is 23.8 Å². The van der Waals surface area contributed by atoms with E-state index >= 15 is 0 Å². The number of amides is 1. The molecule has 1 aliphatic carbocycles. The minimum Gasteiger partial charge on any atom is -0.465 e. The highest BCUT2D eigenvalue weighted by molar-refractivity contribution is 7.80. The molecule has 4 rings (SSSR count). The summed E-state index contributed by atoms with van der Waals surface area (Å²) in [6.07, 6.45) is 1.34. The SMILES string of the molecule is COC(=O)c1cc([C@@H](CO)N2C(=O)[C@](c3cc(F)cc(F)c3)(C3CC3)NC2=S)ccc1Cl. The van der Waals surface area contributed by atoms with E-state index in [9.17, 15) is 23.5 Å². The summed E-state index contributed by atoms with van der Waals surface area (Å²) < 4.78 is 32.8. The zero-order valence-electron chi connectivity index (χ0n) is 16.9. The fourth-order valence-corrected chi connectivity index (χ4v) is 4.77. The van der Waals surface area contributed by atoms with Gasteiger partial charge in [0.25, 0.3) is 5.91 Å². The minimum absolute atomic E-state index is 0.0141. The number of esters is 1. The van der Waals surface area contributed by atoms with E-state index in [0.29, 0.717) is 18.4 Å². The molecule has 0 bridgehead atoms. The zero-order valence-corrected chi connectivity index (χ0v) is 18.5. The van der Waals surface area contributed by atoms with Gasteiger partial charge in [-0.1, -0.05) is 17.7 Å². The first-order valence-corrected chi connectivity index (χ1v) is 10.6. The Bertz CT molecular complexity index is 1110. The first-order chi connectivity index (χ1) is 15.2. The van der Waals surface area contributed by atoms with Crippen LogP contribution in [0, 0.1) is 17.6 Å². The van der Waals surface area contributed by atoms with E-state index in [2.05, 4.69) is 5.32 Å². The third-order valence-electron chi connectivity index (χ3n) is 5.85. The van der Waals surface area contributed by atoms with Gasteiger partial charge in [-0.05, 0) is 66.4 Å². The van der Waals surface area contributed by atoms with Gasteiger partial charge in [0, 0.05) is 6.07 Å². The Morgan fingerprint density at radius 3 is 2.53 bits per heavy atom. The number of thiocarbonyl (C=S) groups is 1. The fraction of sp³-hybridized carbons (Fsp3) is 0.318. The van der Waals surface area contributed by atoms with Crippen molar-refractivity contribution in [1.82, 2.24) is 10.2 Å². The Labute approximate surface area is 193 Å². The normalized spacial score (nSPS) is 21.5. The lowest BCUT2D eigenvalue weighted by Crippen LogP contribution is -2.46. The Hall–Kier alpha value is -2.62. The van der Waals surface area contributed by atoms with E-state index in [1.165, 1.54) is 24.1 Å². The number of nitrogens with zero attached hydrogens (tertiary/aromatic N) is 1. The van der Waals surface area contributed by atoms with Gasteiger partial charge in [0.1, 0.15) is 17.2 Å². The van der Waals surface area contributed by atoms with Gasteiger partial charge in [-0.2, -0.15) is 0 Å². The molecule has 1 amide bonds. The highest BCUT2D eigenvalue weighted by Gasteiger charge is 2.60. The van der Waals surface area contributed by atoms with Crippen LogP contribution in [0.2, 0.25) is 5.02 Å². The van der Waals surface area contributed by atoms with Crippen LogP contribution < -0.4 is 5.32 Å². The summed E-state index contributed by atoms with van der Waals surface area (Å²) in [5, 5.41) is 13.3. The molecule has 1 aliphatic heterocycles. The number of carbonyl (C=O) groups is 2. The second-order valence-electron chi connectivity index (χ2n) is 7.77. The lowest BCUT2D eigenvalue weighted by atomic mass is 9.84. The third-order valence-corrected chi connectivity index (χ3v) is 6.48. The number of benzene rings is 2. The number of hydrogen-bond donors (Lipinski definition) is 2. The highest BCUT2D eigenvalue weighted by atomic mass is 35.5. The van der Waals surface area contributed by atoms with Gasteiger partial charge in [-0.3, -0.25) is 9.69 Å². The van der Waals surface area contributed by atoms with Gasteiger partial charge >= 0.3 is 5.97 Å². The number of nitrogens with one attached hydrogen (secondary N) is 1. The van der Waals surface area contributed by atoms with Gasteiger partial charge in [0.05, 0.1) is 30.3 Å². The van der Waals surface area contributed by atoms with Gasteiger partial charge < -0.3 is 15.2 Å². The molecular weight excluding hydrogens is 462 g/mol. The lowest BCUT2D eigenvalue weighted by Gasteiger charge is -2.30. The van der Waals surface area contributed by atoms with E-state index in [0.717, 1.165) is 18.2 Å². The largest absolute Gasteiger partial charge is 0.465 e. The molecule has 0 radical (unpaired) electrons. The maximum absolute atomic E-state index is 14.0. The maximum atomic E-state index is 14.0. The number of ether oxygens (including phenoxy) is 1. The standard InChI is InChI=1S/C22H19ClF2N2O4S/c1-31-19(29)16-6-11(2-5-17(16)23)18(10-28)27-20(30)22(12-3-4-12,26-21(27)32)13-7-14(24)9-15(25)8-13/h2,5-9,12,18,28H,3-4,10H2,1H3,(H,26,32)/t18-,22-/m1/s1. The van der Waals surface area contributed by atoms with Crippen LogP contribution in [0.1, 0.15) is 40.4 Å². The molecule has 2 fully saturated rings. The molecule has 2 aliphatic rings. The van der Waals surface area contributed by atoms with Crippen molar-refractivity contribution < 1.29 is 28.2 Å². The second-order valence-corrected chi connectivity index (χ2v) is 8.57. The molecule has 6 nitrogen and oxygen atoms in total. The van der Waals surface area contributed by atoms with Crippen molar-refractivity contribution in [3.63, 3.8) is 0 Å². The molecule has 2 aromatic carbocycles. The van der Waals surface area contributed by atoms with Crippen molar-refractivity contribution in [3.05, 3.63) is 69.7 Å². The summed E-state index contributed by atoms with van der Waals surface area (Å²) in [4.78, 5) is 27.0. The average Bonchev–Trinajstić information content (AvgIpc) is 3.56. The van der Waals surface area contributed by atoms with Gasteiger partial charge in [0.15, 0.2) is 5.11 Å². The molecule has 2 aromatic rings. The van der Waals surface area contributed by atoms with Gasteiger partial charge in [-0.25, -0.2) is 13.6 Å². The number of hydrogen-bond acceptors (Lipinski definition) is 5. The number of rotatable bonds is 6. The molecule has 168 valence electrons. The molecule has 2 atom stereocenters. The maximum Gasteiger partial charge on any atom is 0.339 e. The molecule has 1 heterocycles. The van der Waals surface area contributed by atoms with Crippen LogP contribution in [0.4, 0.5) is 8.78 Å². The Morgan fingerprint density at radius 2 is 1.97 bits per heavy atom. The van der Waals surface area contributed by atoms with Crippen molar-refractivity contribution in [3.8, 4) is 0 Å². The summed E-state index contributed by atoms with van der Waals surface area (Å²) in [6.45, 7) is -0.520. The van der Waals surface area contributed by atoms with E-state index in [1.807, 2.05) is 0 Å². The zero-order chi connectivity index (χ0) is 23.2. The van der Waals surface area contributed by atoms with E-state index in [-0.39, 0.29) is 27.2 Å². The predicted octanol–water partition coefficient (Wildman–Crippen LogP) is 3.46. The summed E-state index contributed by atoms with van der Waals surface area (Å²) in [6, 6.07) is 6.45. The van der Waals surface area contributed by atoms with Crippen LogP contribution in [0.25, 0.3) is 0 Å². The smallest absolute Gasteiger partial charge is 0.339 e. The predicted molar refractivity (Wildman–Crippen MR) is 116 cm³/mol. The number of aliphatic hydroxyl groups excluding tert-OH is 1. The number of halogens is 3. The van der Waals surface area contributed by atoms with E-state index < -0.39 is 41.7 Å². The molecule has 0 aromatic heterocycles. The van der Waals surface area contributed by atoms with Crippen LogP contribution in [0.5, 0.6) is 0 Å². The van der Waals surface area contributed by atoms with Crippen molar-refractivity contribution in [2.24, 2.45) is 5.92 Å². The lowest BCUT2D eigenvalue weighted by molar-refractivity contribution is -0.134. The molecule has 1 saturated carbocycles. The van der Waals surface area contributed by atoms with Crippen LogP contribution in [-0.2, 0) is 15.1 Å². The second kappa shape index (κ2) is 8.38. The van der Waals surface area contributed by atoms with Gasteiger partial charge in [-0.15, -0.1) is 0 Å². The van der Waals surface area contributed by atoms with Crippen LogP contribution in [-0.4, -0.2) is 40.7 Å².